The van der Waals surface area contributed by atoms with Crippen LogP contribution in [0.25, 0.3) is 5.69 Å². The molecule has 0 spiro atoms. The SMILES string of the molecule is CCC(Sc1c([O-])on[n+]1-c1ccc(OC)cc1)C(=O)Nc1ccc(C(=O)O)cc1. The average molecular weight is 429 g/mol. The van der Waals surface area contributed by atoms with Gasteiger partial charge in [-0.05, 0) is 59.3 Å². The van der Waals surface area contributed by atoms with Crippen LogP contribution in [0.2, 0.25) is 0 Å². The van der Waals surface area contributed by atoms with E-state index in [0.29, 0.717) is 23.5 Å². The standard InChI is InChI=1S/C20H19N3O6S/c1-3-16(17(24)21-13-6-4-12(5-7-13)19(25)26)30-18-20(27)29-22-23(18)14-8-10-15(28-2)11-9-14/h4-11,16H,3H2,1-2H3,(H2-,21,22,24,25,26,27). The number of hydrogen-bond donors (Lipinski definition) is 2. The Balaban J connectivity index is 1.77. The third-order valence-electron chi connectivity index (χ3n) is 4.21. The number of carboxylic acids is 1. The van der Waals surface area contributed by atoms with Crippen molar-refractivity contribution < 1.29 is 33.7 Å². The summed E-state index contributed by atoms with van der Waals surface area (Å²) in [5, 5.41) is 27.2. The zero-order valence-corrected chi connectivity index (χ0v) is 17.0. The topological polar surface area (TPSA) is 129 Å². The molecule has 1 unspecified atom stereocenters. The van der Waals surface area contributed by atoms with Crippen LogP contribution >= 0.6 is 11.8 Å². The van der Waals surface area contributed by atoms with E-state index in [9.17, 15) is 14.7 Å². The molecule has 3 rings (SSSR count). The van der Waals surface area contributed by atoms with Gasteiger partial charge in [-0.2, -0.15) is 0 Å². The highest BCUT2D eigenvalue weighted by Gasteiger charge is 2.28. The van der Waals surface area contributed by atoms with Gasteiger partial charge in [-0.1, -0.05) is 6.92 Å². The smallest absolute Gasteiger partial charge is 0.335 e. The normalized spacial score (nSPS) is 11.7. The van der Waals surface area contributed by atoms with E-state index < -0.39 is 17.2 Å². The molecule has 0 aliphatic heterocycles. The fourth-order valence-corrected chi connectivity index (χ4v) is 3.58. The number of benzene rings is 2. The molecule has 0 aliphatic carbocycles. The van der Waals surface area contributed by atoms with Crippen LogP contribution in [0.1, 0.15) is 23.7 Å². The van der Waals surface area contributed by atoms with E-state index in [1.807, 2.05) is 6.92 Å². The monoisotopic (exact) mass is 429 g/mol. The number of hydrogen-bond acceptors (Lipinski definition) is 7. The molecular weight excluding hydrogens is 410 g/mol. The summed E-state index contributed by atoms with van der Waals surface area (Å²) in [5.74, 6) is -1.37. The largest absolute Gasteiger partial charge is 0.538 e. The number of aromatic carboxylic acids is 1. The first kappa shape index (κ1) is 21.2. The third kappa shape index (κ3) is 4.71. The molecule has 30 heavy (non-hydrogen) atoms. The van der Waals surface area contributed by atoms with Crippen molar-refractivity contribution in [1.29, 1.82) is 0 Å². The van der Waals surface area contributed by atoms with Crippen LogP contribution in [0.15, 0.2) is 58.1 Å². The second-order valence-corrected chi connectivity index (χ2v) is 7.35. The molecule has 1 atom stereocenters. The molecule has 2 aromatic carbocycles. The summed E-state index contributed by atoms with van der Waals surface area (Å²) in [6.07, 6.45) is 0.441. The molecule has 0 fully saturated rings. The lowest BCUT2D eigenvalue weighted by Crippen LogP contribution is -2.36. The lowest BCUT2D eigenvalue weighted by Gasteiger charge is -2.13. The van der Waals surface area contributed by atoms with Crippen molar-refractivity contribution in [2.75, 3.05) is 12.4 Å². The number of aromatic nitrogens is 2. The van der Waals surface area contributed by atoms with E-state index in [0.717, 1.165) is 11.8 Å². The Hall–Kier alpha value is -3.53. The minimum atomic E-state index is -1.05. The number of anilines is 1. The van der Waals surface area contributed by atoms with Gasteiger partial charge in [0.1, 0.15) is 5.75 Å². The molecular formula is C20H19N3O6S. The highest BCUT2D eigenvalue weighted by molar-refractivity contribution is 8.00. The summed E-state index contributed by atoms with van der Waals surface area (Å²) in [7, 11) is 1.55. The number of carboxylic acid groups (broad SMARTS) is 1. The number of nitrogens with one attached hydrogen (secondary N) is 1. The van der Waals surface area contributed by atoms with Crippen molar-refractivity contribution in [3.05, 3.63) is 54.1 Å². The number of amides is 1. The number of ether oxygens (including phenoxy) is 1. The van der Waals surface area contributed by atoms with Gasteiger partial charge in [0.05, 0.1) is 23.2 Å². The van der Waals surface area contributed by atoms with Gasteiger partial charge in [0.2, 0.25) is 11.6 Å². The van der Waals surface area contributed by atoms with E-state index in [2.05, 4.69) is 10.6 Å². The van der Waals surface area contributed by atoms with Crippen molar-refractivity contribution >= 4 is 29.3 Å². The minimum Gasteiger partial charge on any atom is -0.538 e. The first-order valence-electron chi connectivity index (χ1n) is 8.97. The summed E-state index contributed by atoms with van der Waals surface area (Å²) in [6, 6.07) is 12.7. The van der Waals surface area contributed by atoms with Gasteiger partial charge in [0.25, 0.3) is 5.03 Å². The van der Waals surface area contributed by atoms with E-state index in [4.69, 9.17) is 14.4 Å². The Morgan fingerprint density at radius 2 is 1.90 bits per heavy atom. The zero-order chi connectivity index (χ0) is 21.7. The van der Waals surface area contributed by atoms with Crippen molar-refractivity contribution in [1.82, 2.24) is 5.27 Å². The van der Waals surface area contributed by atoms with Crippen molar-refractivity contribution in [2.45, 2.75) is 23.6 Å². The number of rotatable bonds is 8. The Morgan fingerprint density at radius 1 is 1.23 bits per heavy atom. The second kappa shape index (κ2) is 9.31. The summed E-state index contributed by atoms with van der Waals surface area (Å²) in [6.45, 7) is 1.82. The molecule has 156 valence electrons. The quantitative estimate of drug-likeness (QED) is 0.412. The van der Waals surface area contributed by atoms with Gasteiger partial charge >= 0.3 is 5.97 Å². The Labute approximate surface area is 176 Å². The lowest BCUT2D eigenvalue weighted by molar-refractivity contribution is -0.705. The molecule has 0 aliphatic rings. The molecule has 0 saturated heterocycles. The minimum absolute atomic E-state index is 0.121. The molecule has 9 nitrogen and oxygen atoms in total. The molecule has 2 N–H and O–H groups in total. The van der Waals surface area contributed by atoms with Gasteiger partial charge in [-0.25, -0.2) is 4.79 Å². The van der Waals surface area contributed by atoms with E-state index >= 15 is 0 Å². The summed E-state index contributed by atoms with van der Waals surface area (Å²) in [5.41, 5.74) is 1.17. The second-order valence-electron chi connectivity index (χ2n) is 6.16. The van der Waals surface area contributed by atoms with Crippen LogP contribution in [0, 0.1) is 0 Å². The molecule has 3 aromatic rings. The van der Waals surface area contributed by atoms with Crippen LogP contribution in [-0.2, 0) is 4.79 Å². The number of carbonyl (C=O) groups is 2. The van der Waals surface area contributed by atoms with Gasteiger partial charge < -0.3 is 24.8 Å². The maximum absolute atomic E-state index is 12.7. The van der Waals surface area contributed by atoms with Gasteiger partial charge in [-0.3, -0.25) is 4.79 Å². The van der Waals surface area contributed by atoms with Crippen molar-refractivity contribution in [3.63, 3.8) is 0 Å². The van der Waals surface area contributed by atoms with Crippen LogP contribution < -0.4 is 19.8 Å². The van der Waals surface area contributed by atoms with Gasteiger partial charge in [0, 0.05) is 17.8 Å². The number of nitrogens with zero attached hydrogens (tertiary/aromatic N) is 2. The lowest BCUT2D eigenvalue weighted by atomic mass is 10.2. The molecule has 1 aromatic heterocycles. The first-order chi connectivity index (χ1) is 14.4. The Morgan fingerprint density at radius 3 is 2.47 bits per heavy atom. The maximum atomic E-state index is 12.7. The molecule has 0 bridgehead atoms. The summed E-state index contributed by atoms with van der Waals surface area (Å²) in [4.78, 5) is 23.6. The van der Waals surface area contributed by atoms with Crippen LogP contribution in [0.3, 0.4) is 0 Å². The van der Waals surface area contributed by atoms with Crippen LogP contribution in [0.4, 0.5) is 5.69 Å². The first-order valence-corrected chi connectivity index (χ1v) is 9.85. The Kier molecular flexibility index (Phi) is 6.58. The van der Waals surface area contributed by atoms with Crippen molar-refractivity contribution in [3.8, 4) is 17.4 Å². The summed E-state index contributed by atoms with van der Waals surface area (Å²) < 4.78 is 11.3. The van der Waals surface area contributed by atoms with Gasteiger partial charge in [0.15, 0.2) is 5.95 Å². The van der Waals surface area contributed by atoms with E-state index in [1.54, 1.807) is 31.4 Å². The van der Waals surface area contributed by atoms with Crippen LogP contribution in [0.5, 0.6) is 11.7 Å². The maximum Gasteiger partial charge on any atom is 0.335 e. The predicted molar refractivity (Wildman–Crippen MR) is 106 cm³/mol. The molecule has 1 amide bonds. The molecule has 0 saturated carbocycles. The molecule has 10 heteroatoms. The number of methoxy groups -OCH3 is 1. The number of thioether (sulfide) groups is 1. The van der Waals surface area contributed by atoms with Gasteiger partial charge in [-0.15, -0.1) is 0 Å². The fraction of sp³-hybridized carbons (Fsp3) is 0.200. The van der Waals surface area contributed by atoms with E-state index in [1.165, 1.54) is 28.9 Å². The molecule has 0 radical (unpaired) electrons. The predicted octanol–water partition coefficient (Wildman–Crippen LogP) is 2.24. The van der Waals surface area contributed by atoms with Crippen molar-refractivity contribution in [2.24, 2.45) is 0 Å². The Bertz CT molecular complexity index is 1030. The zero-order valence-electron chi connectivity index (χ0n) is 16.2. The fourth-order valence-electron chi connectivity index (χ4n) is 2.60. The highest BCUT2D eigenvalue weighted by atomic mass is 32.2. The third-order valence-corrected chi connectivity index (χ3v) is 5.60. The van der Waals surface area contributed by atoms with E-state index in [-0.39, 0.29) is 16.5 Å². The van der Waals surface area contributed by atoms with Crippen LogP contribution in [-0.4, -0.2) is 34.6 Å². The average Bonchev–Trinajstić information content (AvgIpc) is 3.12. The molecule has 1 heterocycles. The summed E-state index contributed by atoms with van der Waals surface area (Å²) >= 11 is 1.05. The number of carbonyl (C=O) groups excluding carboxylic acids is 1. The highest BCUT2D eigenvalue weighted by Crippen LogP contribution is 2.30.